The number of nitrogens with one attached hydrogen (secondary N) is 10. The number of rotatable bonds is 25. The number of phenolic OH excluding ortho intramolecular Hbond substituents is 1. The average molecular weight is 1530 g/mol. The number of aliphatic hydroxyl groups excluding tert-OH is 7. The van der Waals surface area contributed by atoms with E-state index >= 15 is 0 Å². The zero-order valence-corrected chi connectivity index (χ0v) is 62.9. The third kappa shape index (κ3) is 29.0. The lowest BCUT2D eigenvalue weighted by Gasteiger charge is -2.34. The summed E-state index contributed by atoms with van der Waals surface area (Å²) < 4.78 is 5.95. The molecule has 37 nitrogen and oxygen atoms in total. The third-order valence-electron chi connectivity index (χ3n) is 19.0. The second-order valence-corrected chi connectivity index (χ2v) is 28.7. The molecule has 0 unspecified atom stereocenters. The lowest BCUT2D eigenvalue weighted by atomic mass is 9.99. The van der Waals surface area contributed by atoms with Crippen molar-refractivity contribution in [2.45, 2.75) is 293 Å². The zero-order chi connectivity index (χ0) is 80.8. The molecular weight excluding hydrogens is 1420 g/mol. The summed E-state index contributed by atoms with van der Waals surface area (Å²) in [6, 6.07) is -14.3. The Bertz CT molecular complexity index is 3200. The molecule has 608 valence electrons. The maximum absolute atomic E-state index is 14.8. The van der Waals surface area contributed by atoms with Crippen molar-refractivity contribution in [3.8, 4) is 5.75 Å². The van der Waals surface area contributed by atoms with Gasteiger partial charge in [0.1, 0.15) is 78.3 Å². The number of hydrogen-bond acceptors (Lipinski definition) is 24. The molecule has 4 rings (SSSR count). The lowest BCUT2D eigenvalue weighted by Crippen LogP contribution is -2.64. The van der Waals surface area contributed by atoms with E-state index in [4.69, 9.17) is 16.2 Å². The molecule has 0 aliphatic carbocycles. The number of aromatic hydroxyl groups is 1. The molecule has 1 aromatic rings. The van der Waals surface area contributed by atoms with Crippen molar-refractivity contribution < 1.29 is 113 Å². The monoisotopic (exact) mass is 1530 g/mol. The number of fused-ring (bicyclic) bond motifs is 2. The number of primary amides is 1. The van der Waals surface area contributed by atoms with Gasteiger partial charge in [0.2, 0.25) is 76.8 Å². The van der Waals surface area contributed by atoms with E-state index in [0.29, 0.717) is 23.3 Å². The van der Waals surface area contributed by atoms with Gasteiger partial charge < -0.3 is 120 Å². The van der Waals surface area contributed by atoms with Crippen LogP contribution in [0.25, 0.3) is 0 Å². The highest BCUT2D eigenvalue weighted by molar-refractivity contribution is 6.00. The summed E-state index contributed by atoms with van der Waals surface area (Å²) in [4.78, 5) is 199. The van der Waals surface area contributed by atoms with Crippen LogP contribution >= 0.6 is 0 Å². The molecule has 0 aromatic heterocycles. The van der Waals surface area contributed by atoms with Gasteiger partial charge in [0.15, 0.2) is 0 Å². The second kappa shape index (κ2) is 45.3. The summed E-state index contributed by atoms with van der Waals surface area (Å²) in [5.74, 6) is -17.1. The van der Waals surface area contributed by atoms with E-state index < -0.39 is 243 Å². The number of aliphatic hydroxyl groups is 7. The summed E-state index contributed by atoms with van der Waals surface area (Å²) in [7, 11) is 0. The van der Waals surface area contributed by atoms with E-state index in [9.17, 15) is 108 Å². The molecule has 19 atom stereocenters. The summed E-state index contributed by atoms with van der Waals surface area (Å²) >= 11 is 0. The summed E-state index contributed by atoms with van der Waals surface area (Å²) in [6.45, 7) is 8.69. The number of nitrogens with two attached hydrogens (primary N) is 2. The molecule has 3 saturated heterocycles. The molecule has 0 saturated carbocycles. The Morgan fingerprint density at radius 2 is 1.05 bits per heavy atom. The molecule has 108 heavy (non-hydrogen) atoms. The molecule has 3 fully saturated rings. The first-order valence-corrected chi connectivity index (χ1v) is 37.2. The molecular formula is C71H116N14O23. The van der Waals surface area contributed by atoms with Crippen molar-refractivity contribution in [1.29, 1.82) is 0 Å². The van der Waals surface area contributed by atoms with Gasteiger partial charge in [-0.15, -0.1) is 0 Å². The van der Waals surface area contributed by atoms with Crippen molar-refractivity contribution in [2.24, 2.45) is 17.4 Å². The van der Waals surface area contributed by atoms with Crippen molar-refractivity contribution in [3.63, 3.8) is 0 Å². The fraction of sp³-hybridized carbons (Fsp3) is 0.718. The highest BCUT2D eigenvalue weighted by atomic mass is 16.5. The Hall–Kier alpha value is -8.72. The van der Waals surface area contributed by atoms with Gasteiger partial charge in [0.25, 0.3) is 0 Å². The Morgan fingerprint density at radius 3 is 1.60 bits per heavy atom. The first-order chi connectivity index (χ1) is 50.9. The molecule has 0 bridgehead atoms. The maximum atomic E-state index is 14.8. The predicted octanol–water partition coefficient (Wildman–Crippen LogP) is -5.47. The van der Waals surface area contributed by atoms with Crippen LogP contribution in [0.1, 0.15) is 177 Å². The number of ether oxygens (including phenoxy) is 1. The van der Waals surface area contributed by atoms with E-state index in [0.717, 1.165) is 77.0 Å². The van der Waals surface area contributed by atoms with Gasteiger partial charge in [-0.2, -0.15) is 0 Å². The first-order valence-electron chi connectivity index (χ1n) is 37.2. The number of hydrogen-bond donors (Lipinski definition) is 20. The van der Waals surface area contributed by atoms with Crippen molar-refractivity contribution in [3.05, 3.63) is 29.8 Å². The van der Waals surface area contributed by atoms with Crippen molar-refractivity contribution in [1.82, 2.24) is 63.0 Å². The summed E-state index contributed by atoms with van der Waals surface area (Å²) in [6.07, 6.45) is -5.96. The number of nitrogens with zero attached hydrogens (tertiary/aromatic N) is 2. The summed E-state index contributed by atoms with van der Waals surface area (Å²) in [5.41, 5.74) is 11.5. The third-order valence-corrected chi connectivity index (χ3v) is 19.0. The van der Waals surface area contributed by atoms with Crippen molar-refractivity contribution in [2.75, 3.05) is 26.2 Å². The number of benzene rings is 1. The Kier molecular flexibility index (Phi) is 38.5. The smallest absolute Gasteiger partial charge is 0.328 e. The zero-order valence-electron chi connectivity index (χ0n) is 62.9. The van der Waals surface area contributed by atoms with Crippen LogP contribution < -0.4 is 64.6 Å². The Morgan fingerprint density at radius 1 is 0.546 bits per heavy atom. The lowest BCUT2D eigenvalue weighted by molar-refractivity contribution is -0.155. The number of amides is 13. The molecule has 3 heterocycles. The van der Waals surface area contributed by atoms with Crippen molar-refractivity contribution >= 4 is 82.8 Å². The van der Waals surface area contributed by atoms with Gasteiger partial charge in [-0.25, -0.2) is 4.79 Å². The minimum Gasteiger partial charge on any atom is -0.508 e. The van der Waals surface area contributed by atoms with E-state index in [1.54, 1.807) is 0 Å². The van der Waals surface area contributed by atoms with Crippen LogP contribution in [-0.4, -0.2) is 275 Å². The van der Waals surface area contributed by atoms with Crippen LogP contribution in [0.15, 0.2) is 24.3 Å². The predicted molar refractivity (Wildman–Crippen MR) is 385 cm³/mol. The molecule has 0 radical (unpaired) electrons. The molecule has 22 N–H and O–H groups in total. The quantitative estimate of drug-likeness (QED) is 0.0321. The summed E-state index contributed by atoms with van der Waals surface area (Å²) in [5, 5.41) is 111. The van der Waals surface area contributed by atoms with Gasteiger partial charge >= 0.3 is 5.97 Å². The van der Waals surface area contributed by atoms with Crippen LogP contribution in [0.5, 0.6) is 5.75 Å². The van der Waals surface area contributed by atoms with E-state index in [2.05, 4.69) is 60.1 Å². The number of carbonyl (C=O) groups is 14. The molecule has 0 spiro atoms. The van der Waals surface area contributed by atoms with Crippen LogP contribution in [0, 0.1) is 5.92 Å². The van der Waals surface area contributed by atoms with Crippen LogP contribution in [0.2, 0.25) is 0 Å². The maximum Gasteiger partial charge on any atom is 0.328 e. The van der Waals surface area contributed by atoms with Gasteiger partial charge in [0, 0.05) is 25.9 Å². The van der Waals surface area contributed by atoms with E-state index in [1.165, 1.54) is 58.4 Å². The average Bonchev–Trinajstić information content (AvgIpc) is 1.62. The number of phenols is 1. The standard InChI is InChI=1S/C71H116N14O23/c1-9-10-11-12-13-14-15-16-17-18-19-21-45-32-52(95)78-55(38(5)86)65(101)75-37(4)61(97)77-47(30-42-23-25-43(90)26-24-42)62(98)80-54(36(2)3)69(105)85-35-44(91)31-48(85)63(99)81-57(40(7)88)67(103)82-58(41(8)89)70(106)84-29-27-49(92)60(84)68(104)83-59(50(93)33-51(73)94)64(100)74-34-53(96)79-56(39(6)87)66(102)76-46(22-20-28-72)71(107)108-45/h23-26,36-41,44-50,54-60,86-93H,9-22,27-35,72H2,1-8H3,(H2,73,94)(H,74,100)(H,75,101)(H,76,102)(H,77,97)(H,78,95)(H,79,96)(H,80,98)(H,81,99)(H,82,103)(H,83,104)/t37-,38-,39-,40-,41-,44-,45-,46+,47+,48+,49+,50-,54+,55-,56-,57-,58+,59+,60+/m1/s1. The topological polar surface area (TPSA) is 589 Å². The highest BCUT2D eigenvalue weighted by Gasteiger charge is 2.48. The SMILES string of the molecule is CCCCCCCCCCCCC[C@@H]1CC(=O)N[C@H]([C@@H](C)O)C(=O)N[C@H](C)C(=O)N[C@@H](Cc2ccc(O)cc2)C(=O)N[C@@H](C(C)C)C(=O)N2C[C@H](O)C[C@H]2C(=O)N[C@H]([C@@H](C)O)C(=O)N[C@@H]([C@@H](C)O)C(=O)N2CC[C@H](O)[C@H]2C(=O)N[C@@H]([C@H](O)CC(N)=O)C(=O)NCC(=O)N[C@H]([C@@H](C)O)C(=O)N[C@@H](CCCN)C(=O)O1. The molecule has 1 aromatic carbocycles. The van der Waals surface area contributed by atoms with Crippen LogP contribution in [0.3, 0.4) is 0 Å². The fourth-order valence-electron chi connectivity index (χ4n) is 12.8. The number of carbonyl (C=O) groups excluding carboxylic acids is 14. The Labute approximate surface area is 628 Å². The van der Waals surface area contributed by atoms with Crippen LogP contribution in [-0.2, 0) is 78.3 Å². The molecule has 13 amide bonds. The number of cyclic esters (lactones) is 1. The fourth-order valence-corrected chi connectivity index (χ4v) is 12.8. The molecule has 3 aliphatic rings. The van der Waals surface area contributed by atoms with E-state index in [1.807, 2.05) is 0 Å². The molecule has 37 heteroatoms. The van der Waals surface area contributed by atoms with Gasteiger partial charge in [-0.1, -0.05) is 97.1 Å². The first kappa shape index (κ1) is 91.7. The largest absolute Gasteiger partial charge is 0.508 e. The second-order valence-electron chi connectivity index (χ2n) is 28.7. The normalized spacial score (nSPS) is 28.1. The van der Waals surface area contributed by atoms with Gasteiger partial charge in [-0.05, 0) is 96.9 Å². The molecule has 3 aliphatic heterocycles. The minimum atomic E-state index is -2.22. The van der Waals surface area contributed by atoms with Gasteiger partial charge in [0.05, 0.1) is 62.1 Å². The number of esters is 1. The minimum absolute atomic E-state index is 0.0162. The highest BCUT2D eigenvalue weighted by Crippen LogP contribution is 2.25. The van der Waals surface area contributed by atoms with E-state index in [-0.39, 0.29) is 44.4 Å². The van der Waals surface area contributed by atoms with Crippen LogP contribution in [0.4, 0.5) is 0 Å². The number of unbranched alkanes of at least 4 members (excludes halogenated alkanes) is 10. The van der Waals surface area contributed by atoms with Gasteiger partial charge in [-0.3, -0.25) is 62.3 Å². The Balaban J connectivity index is 1.80.